The number of carbonyl (C=O) groups is 2. The van der Waals surface area contributed by atoms with E-state index in [9.17, 15) is 9.59 Å². The normalized spacial score (nSPS) is 27.0. The van der Waals surface area contributed by atoms with Gasteiger partial charge in [0.15, 0.2) is 0 Å². The molecule has 1 saturated carbocycles. The molecule has 2 N–H and O–H groups in total. The summed E-state index contributed by atoms with van der Waals surface area (Å²) in [6, 6.07) is 7.26. The fraction of sp³-hybridized carbons (Fsp3) is 0.579. The van der Waals surface area contributed by atoms with Crippen molar-refractivity contribution in [3.8, 4) is 0 Å². The van der Waals surface area contributed by atoms with Crippen molar-refractivity contribution in [3.63, 3.8) is 0 Å². The standard InChI is InChI=1S/C19H26BrN3O2/c1-18(2)8-15-9-19(3,11-18)12-23(15)16(24)10-21-17(25)22-14-6-4-13(20)5-7-14/h4-7,15H,8-12H2,1-3H3,(H2,21,22,25). The number of urea groups is 1. The summed E-state index contributed by atoms with van der Waals surface area (Å²) in [4.78, 5) is 26.6. The summed E-state index contributed by atoms with van der Waals surface area (Å²) in [5, 5.41) is 5.42. The maximum absolute atomic E-state index is 12.6. The van der Waals surface area contributed by atoms with E-state index in [4.69, 9.17) is 0 Å². The zero-order chi connectivity index (χ0) is 18.2. The van der Waals surface area contributed by atoms with Gasteiger partial charge in [-0.15, -0.1) is 0 Å². The number of hydrogen-bond donors (Lipinski definition) is 2. The number of nitrogens with one attached hydrogen (secondary N) is 2. The Hall–Kier alpha value is -1.56. The van der Waals surface area contributed by atoms with E-state index in [0.29, 0.717) is 11.7 Å². The van der Waals surface area contributed by atoms with Gasteiger partial charge in [-0.1, -0.05) is 36.7 Å². The number of anilines is 1. The third-order valence-corrected chi connectivity index (χ3v) is 5.77. The highest BCUT2D eigenvalue weighted by Crippen LogP contribution is 2.52. The number of amides is 3. The highest BCUT2D eigenvalue weighted by molar-refractivity contribution is 9.10. The number of fused-ring (bicyclic) bond motifs is 2. The van der Waals surface area contributed by atoms with Gasteiger partial charge in [0.25, 0.3) is 0 Å². The lowest BCUT2D eigenvalue weighted by atomic mass is 9.65. The number of carbonyl (C=O) groups excluding carboxylic acids is 2. The Morgan fingerprint density at radius 3 is 2.56 bits per heavy atom. The van der Waals surface area contributed by atoms with Crippen LogP contribution in [0.4, 0.5) is 10.5 Å². The van der Waals surface area contributed by atoms with Crippen molar-refractivity contribution in [2.75, 3.05) is 18.4 Å². The summed E-state index contributed by atoms with van der Waals surface area (Å²) in [7, 11) is 0. The molecule has 0 radical (unpaired) electrons. The van der Waals surface area contributed by atoms with Gasteiger partial charge >= 0.3 is 6.03 Å². The molecule has 1 aromatic carbocycles. The molecule has 2 unspecified atom stereocenters. The van der Waals surface area contributed by atoms with Gasteiger partial charge in [-0.25, -0.2) is 4.79 Å². The van der Waals surface area contributed by atoms with Crippen molar-refractivity contribution in [2.45, 2.75) is 46.1 Å². The average molecular weight is 408 g/mol. The van der Waals surface area contributed by atoms with Gasteiger partial charge in [0.1, 0.15) is 0 Å². The fourth-order valence-electron chi connectivity index (χ4n) is 4.72. The van der Waals surface area contributed by atoms with Crippen LogP contribution in [0.2, 0.25) is 0 Å². The highest BCUT2D eigenvalue weighted by atomic mass is 79.9. The third kappa shape index (κ3) is 4.35. The summed E-state index contributed by atoms with van der Waals surface area (Å²) in [5.74, 6) is 0.0115. The van der Waals surface area contributed by atoms with Gasteiger partial charge in [-0.2, -0.15) is 0 Å². The van der Waals surface area contributed by atoms with Gasteiger partial charge in [-0.3, -0.25) is 4.79 Å². The Kier molecular flexibility index (Phi) is 4.84. The van der Waals surface area contributed by atoms with Crippen LogP contribution in [0.3, 0.4) is 0 Å². The monoisotopic (exact) mass is 407 g/mol. The van der Waals surface area contributed by atoms with E-state index in [1.54, 1.807) is 12.1 Å². The van der Waals surface area contributed by atoms with Gasteiger partial charge in [0.2, 0.25) is 5.91 Å². The van der Waals surface area contributed by atoms with Gasteiger partial charge in [-0.05, 0) is 54.4 Å². The molecule has 25 heavy (non-hydrogen) atoms. The van der Waals surface area contributed by atoms with Gasteiger partial charge in [0.05, 0.1) is 6.54 Å². The quantitative estimate of drug-likeness (QED) is 0.795. The smallest absolute Gasteiger partial charge is 0.319 e. The van der Waals surface area contributed by atoms with Crippen molar-refractivity contribution in [2.24, 2.45) is 10.8 Å². The first-order valence-corrected chi connectivity index (χ1v) is 9.55. The first kappa shape index (κ1) is 18.2. The van der Waals surface area contributed by atoms with Crippen molar-refractivity contribution < 1.29 is 9.59 Å². The maximum atomic E-state index is 12.6. The zero-order valence-corrected chi connectivity index (χ0v) is 16.6. The summed E-state index contributed by atoms with van der Waals surface area (Å²) in [6.07, 6.45) is 3.27. The topological polar surface area (TPSA) is 61.4 Å². The molecule has 1 saturated heterocycles. The van der Waals surface area contributed by atoms with Crippen LogP contribution in [0, 0.1) is 10.8 Å². The molecule has 6 heteroatoms. The summed E-state index contributed by atoms with van der Waals surface area (Å²) >= 11 is 3.36. The predicted octanol–water partition coefficient (Wildman–Crippen LogP) is 4.00. The van der Waals surface area contributed by atoms with Gasteiger partial charge < -0.3 is 15.5 Å². The van der Waals surface area contributed by atoms with E-state index in [0.717, 1.165) is 30.3 Å². The molecule has 2 atom stereocenters. The minimum atomic E-state index is -0.357. The van der Waals surface area contributed by atoms with E-state index < -0.39 is 0 Å². The first-order chi connectivity index (χ1) is 11.7. The Morgan fingerprint density at radius 1 is 1.20 bits per heavy atom. The van der Waals surface area contributed by atoms with Crippen LogP contribution in [0.5, 0.6) is 0 Å². The van der Waals surface area contributed by atoms with Gasteiger partial charge in [0, 0.05) is 22.7 Å². The van der Waals surface area contributed by atoms with Crippen molar-refractivity contribution in [1.82, 2.24) is 10.2 Å². The van der Waals surface area contributed by atoms with Crippen LogP contribution >= 0.6 is 15.9 Å². The van der Waals surface area contributed by atoms with Crippen LogP contribution < -0.4 is 10.6 Å². The molecule has 2 fully saturated rings. The van der Waals surface area contributed by atoms with Crippen molar-refractivity contribution >= 4 is 33.6 Å². The zero-order valence-electron chi connectivity index (χ0n) is 15.1. The predicted molar refractivity (Wildman–Crippen MR) is 102 cm³/mol. The van der Waals surface area contributed by atoms with Crippen LogP contribution in [0.25, 0.3) is 0 Å². The second kappa shape index (κ2) is 6.63. The van der Waals surface area contributed by atoms with Crippen molar-refractivity contribution in [3.05, 3.63) is 28.7 Å². The lowest BCUT2D eigenvalue weighted by Gasteiger charge is -2.39. The molecule has 1 heterocycles. The highest BCUT2D eigenvalue weighted by Gasteiger charge is 2.50. The largest absolute Gasteiger partial charge is 0.338 e. The number of likely N-dealkylation sites (tertiary alicyclic amines) is 1. The molecule has 1 aliphatic carbocycles. The van der Waals surface area contributed by atoms with Crippen molar-refractivity contribution in [1.29, 1.82) is 0 Å². The third-order valence-electron chi connectivity index (χ3n) is 5.24. The van der Waals surface area contributed by atoms with E-state index >= 15 is 0 Å². The molecular weight excluding hydrogens is 382 g/mol. The molecule has 2 bridgehead atoms. The minimum absolute atomic E-state index is 0.0115. The lowest BCUT2D eigenvalue weighted by Crippen LogP contribution is -2.44. The second-order valence-corrected chi connectivity index (χ2v) is 9.47. The molecular formula is C19H26BrN3O2. The molecule has 136 valence electrons. The Morgan fingerprint density at radius 2 is 1.88 bits per heavy atom. The van der Waals surface area contributed by atoms with Crippen LogP contribution in [0.1, 0.15) is 40.0 Å². The minimum Gasteiger partial charge on any atom is -0.338 e. The molecule has 1 aromatic rings. The van der Waals surface area contributed by atoms with Crippen LogP contribution in [0.15, 0.2) is 28.7 Å². The molecule has 0 aromatic heterocycles. The maximum Gasteiger partial charge on any atom is 0.319 e. The number of rotatable bonds is 3. The number of nitrogens with zero attached hydrogens (tertiary/aromatic N) is 1. The summed E-state index contributed by atoms with van der Waals surface area (Å²) in [5.41, 5.74) is 1.18. The lowest BCUT2D eigenvalue weighted by molar-refractivity contribution is -0.131. The van der Waals surface area contributed by atoms with Crippen LogP contribution in [-0.2, 0) is 4.79 Å². The van der Waals surface area contributed by atoms with E-state index in [1.807, 2.05) is 17.0 Å². The van der Waals surface area contributed by atoms with E-state index in [1.165, 1.54) is 0 Å². The summed E-state index contributed by atoms with van der Waals surface area (Å²) in [6.45, 7) is 7.69. The summed E-state index contributed by atoms with van der Waals surface area (Å²) < 4.78 is 0.949. The molecule has 0 spiro atoms. The molecule has 1 aliphatic heterocycles. The number of halogens is 1. The fourth-order valence-corrected chi connectivity index (χ4v) is 4.98. The number of benzene rings is 1. The second-order valence-electron chi connectivity index (χ2n) is 8.55. The number of hydrogen-bond acceptors (Lipinski definition) is 2. The van der Waals surface area contributed by atoms with E-state index in [-0.39, 0.29) is 29.3 Å². The Bertz CT molecular complexity index is 674. The Balaban J connectivity index is 1.53. The molecule has 3 amide bonds. The Labute approximate surface area is 157 Å². The average Bonchev–Trinajstić information content (AvgIpc) is 2.76. The molecule has 5 nitrogen and oxygen atoms in total. The SMILES string of the molecule is CC1(C)CC2CC(C)(CN2C(=O)CNC(=O)Nc2ccc(Br)cc2)C1. The van der Waals surface area contributed by atoms with E-state index in [2.05, 4.69) is 47.3 Å². The van der Waals surface area contributed by atoms with Crippen LogP contribution in [-0.4, -0.2) is 36.0 Å². The molecule has 2 aliphatic rings. The molecule has 3 rings (SSSR count). The first-order valence-electron chi connectivity index (χ1n) is 8.76.